The van der Waals surface area contributed by atoms with Gasteiger partial charge in [-0.3, -0.25) is 9.59 Å². The Bertz CT molecular complexity index is 1160. The standard InChI is InChI=1S/C19H14N4O2S2/c1-11(24)20-19-23-14-7-6-12(10-16(14)27-19)21-17(25)8-9-18-22-13-4-2-3-5-15(13)26-18/h2-10H,1H3,(H,21,25)(H,20,23,24). The highest BCUT2D eigenvalue weighted by atomic mass is 32.1. The Morgan fingerprint density at radius 3 is 2.59 bits per heavy atom. The molecule has 0 atom stereocenters. The van der Waals surface area contributed by atoms with E-state index in [4.69, 9.17) is 0 Å². The van der Waals surface area contributed by atoms with Crippen molar-refractivity contribution in [2.75, 3.05) is 10.6 Å². The van der Waals surface area contributed by atoms with Gasteiger partial charge in [0.1, 0.15) is 5.01 Å². The minimum absolute atomic E-state index is 0.164. The number of rotatable bonds is 4. The Morgan fingerprint density at radius 1 is 0.963 bits per heavy atom. The lowest BCUT2D eigenvalue weighted by Crippen LogP contribution is -2.07. The van der Waals surface area contributed by atoms with Crippen molar-refractivity contribution < 1.29 is 9.59 Å². The van der Waals surface area contributed by atoms with Gasteiger partial charge in [0.2, 0.25) is 11.8 Å². The van der Waals surface area contributed by atoms with Gasteiger partial charge < -0.3 is 10.6 Å². The first-order valence-corrected chi connectivity index (χ1v) is 9.73. The molecule has 2 aromatic carbocycles. The van der Waals surface area contributed by atoms with Gasteiger partial charge in [0.25, 0.3) is 0 Å². The zero-order valence-corrected chi connectivity index (χ0v) is 15.9. The van der Waals surface area contributed by atoms with Gasteiger partial charge in [-0.15, -0.1) is 11.3 Å². The molecule has 0 aliphatic rings. The van der Waals surface area contributed by atoms with Gasteiger partial charge in [-0.25, -0.2) is 9.97 Å². The lowest BCUT2D eigenvalue weighted by molar-refractivity contribution is -0.114. The summed E-state index contributed by atoms with van der Waals surface area (Å²) in [6.07, 6.45) is 3.18. The number of fused-ring (bicyclic) bond motifs is 2. The number of hydrogen-bond acceptors (Lipinski definition) is 6. The summed E-state index contributed by atoms with van der Waals surface area (Å²) < 4.78 is 1.97. The zero-order chi connectivity index (χ0) is 18.8. The van der Waals surface area contributed by atoms with Crippen LogP contribution in [0.4, 0.5) is 10.8 Å². The second-order valence-corrected chi connectivity index (χ2v) is 7.82. The Hall–Kier alpha value is -3.10. The van der Waals surface area contributed by atoms with Crippen LogP contribution in [0, 0.1) is 0 Å². The van der Waals surface area contributed by atoms with Gasteiger partial charge in [0, 0.05) is 18.7 Å². The summed E-state index contributed by atoms with van der Waals surface area (Å²) in [5.41, 5.74) is 2.36. The number of amides is 2. The van der Waals surface area contributed by atoms with Gasteiger partial charge in [0.15, 0.2) is 5.13 Å². The first-order valence-electron chi connectivity index (χ1n) is 8.10. The number of anilines is 2. The van der Waals surface area contributed by atoms with Crippen LogP contribution in [0.25, 0.3) is 26.5 Å². The fraction of sp³-hybridized carbons (Fsp3) is 0.0526. The van der Waals surface area contributed by atoms with Crippen molar-refractivity contribution in [1.29, 1.82) is 0 Å². The second-order valence-electron chi connectivity index (χ2n) is 5.73. The number of carbonyl (C=O) groups excluding carboxylic acids is 2. The summed E-state index contributed by atoms with van der Waals surface area (Å²) >= 11 is 2.89. The SMILES string of the molecule is CC(=O)Nc1nc2ccc(NC(=O)C=Cc3nc4ccccc4s3)cc2s1. The van der Waals surface area contributed by atoms with Crippen molar-refractivity contribution in [2.45, 2.75) is 6.92 Å². The van der Waals surface area contributed by atoms with E-state index in [1.807, 2.05) is 36.4 Å². The Balaban J connectivity index is 1.47. The van der Waals surface area contributed by atoms with Crippen molar-refractivity contribution in [3.63, 3.8) is 0 Å². The van der Waals surface area contributed by atoms with E-state index in [9.17, 15) is 9.59 Å². The topological polar surface area (TPSA) is 84.0 Å². The average molecular weight is 394 g/mol. The van der Waals surface area contributed by atoms with Crippen molar-refractivity contribution in [3.05, 3.63) is 53.5 Å². The number of para-hydroxylation sites is 1. The van der Waals surface area contributed by atoms with Crippen LogP contribution in [0.15, 0.2) is 48.5 Å². The summed E-state index contributed by atoms with van der Waals surface area (Å²) in [6.45, 7) is 1.44. The molecule has 134 valence electrons. The van der Waals surface area contributed by atoms with E-state index in [1.54, 1.807) is 12.1 Å². The smallest absolute Gasteiger partial charge is 0.248 e. The molecule has 4 rings (SSSR count). The fourth-order valence-electron chi connectivity index (χ4n) is 2.50. The first-order chi connectivity index (χ1) is 13.1. The third kappa shape index (κ3) is 4.02. The molecule has 0 fully saturated rings. The van der Waals surface area contributed by atoms with Gasteiger partial charge in [-0.1, -0.05) is 23.5 Å². The molecule has 4 aromatic rings. The number of nitrogens with one attached hydrogen (secondary N) is 2. The molecule has 2 aromatic heterocycles. The molecule has 0 saturated heterocycles. The van der Waals surface area contributed by atoms with Crippen molar-refractivity contribution in [1.82, 2.24) is 9.97 Å². The third-order valence-electron chi connectivity index (χ3n) is 3.63. The molecule has 2 amide bonds. The number of benzene rings is 2. The highest BCUT2D eigenvalue weighted by Gasteiger charge is 2.07. The molecule has 0 aliphatic heterocycles. The van der Waals surface area contributed by atoms with E-state index < -0.39 is 0 Å². The van der Waals surface area contributed by atoms with E-state index in [1.165, 1.54) is 35.7 Å². The van der Waals surface area contributed by atoms with Crippen molar-refractivity contribution >= 4 is 71.8 Å². The number of thiazole rings is 2. The van der Waals surface area contributed by atoms with Gasteiger partial charge in [0.05, 0.1) is 20.4 Å². The Labute approximate surface area is 162 Å². The fourth-order valence-corrected chi connectivity index (χ4v) is 4.32. The summed E-state index contributed by atoms with van der Waals surface area (Å²) in [5.74, 6) is -0.400. The largest absolute Gasteiger partial charge is 0.322 e. The minimum atomic E-state index is -0.236. The summed E-state index contributed by atoms with van der Waals surface area (Å²) in [6, 6.07) is 13.3. The molecule has 0 bridgehead atoms. The maximum absolute atomic E-state index is 12.2. The van der Waals surface area contributed by atoms with Crippen LogP contribution in [-0.2, 0) is 9.59 Å². The quantitative estimate of drug-likeness (QED) is 0.499. The Morgan fingerprint density at radius 2 is 1.78 bits per heavy atom. The van der Waals surface area contributed by atoms with E-state index >= 15 is 0 Å². The molecule has 0 spiro atoms. The van der Waals surface area contributed by atoms with E-state index in [0.29, 0.717) is 10.8 Å². The van der Waals surface area contributed by atoms with Crippen molar-refractivity contribution in [2.24, 2.45) is 0 Å². The van der Waals surface area contributed by atoms with Crippen LogP contribution in [0.3, 0.4) is 0 Å². The van der Waals surface area contributed by atoms with Gasteiger partial charge >= 0.3 is 0 Å². The molecule has 0 unspecified atom stereocenters. The van der Waals surface area contributed by atoms with Crippen molar-refractivity contribution in [3.8, 4) is 0 Å². The number of aromatic nitrogens is 2. The monoisotopic (exact) mass is 394 g/mol. The molecule has 0 saturated carbocycles. The highest BCUT2D eigenvalue weighted by molar-refractivity contribution is 7.22. The average Bonchev–Trinajstić information content (AvgIpc) is 3.21. The molecule has 2 N–H and O–H groups in total. The predicted molar refractivity (Wildman–Crippen MR) is 111 cm³/mol. The Kier molecular flexibility index (Phi) is 4.66. The molecule has 27 heavy (non-hydrogen) atoms. The summed E-state index contributed by atoms with van der Waals surface area (Å²) in [7, 11) is 0. The maximum Gasteiger partial charge on any atom is 0.248 e. The zero-order valence-electron chi connectivity index (χ0n) is 14.2. The first kappa shape index (κ1) is 17.3. The minimum Gasteiger partial charge on any atom is -0.322 e. The molecule has 8 heteroatoms. The molecule has 0 aliphatic carbocycles. The van der Waals surface area contributed by atoms with E-state index in [2.05, 4.69) is 20.6 Å². The normalized spacial score (nSPS) is 11.3. The molecular weight excluding hydrogens is 380 g/mol. The number of nitrogens with zero attached hydrogens (tertiary/aromatic N) is 2. The summed E-state index contributed by atoms with van der Waals surface area (Å²) in [5, 5.41) is 6.82. The third-order valence-corrected chi connectivity index (χ3v) is 5.56. The van der Waals surface area contributed by atoms with Crippen LogP contribution >= 0.6 is 22.7 Å². The van der Waals surface area contributed by atoms with Crippen LogP contribution in [0.2, 0.25) is 0 Å². The van der Waals surface area contributed by atoms with Crippen LogP contribution < -0.4 is 10.6 Å². The molecule has 6 nitrogen and oxygen atoms in total. The predicted octanol–water partition coefficient (Wildman–Crippen LogP) is 4.52. The van der Waals surface area contributed by atoms with E-state index in [-0.39, 0.29) is 11.8 Å². The number of hydrogen-bond donors (Lipinski definition) is 2. The molecular formula is C19H14N4O2S2. The number of carbonyl (C=O) groups is 2. The van der Waals surface area contributed by atoms with Crippen LogP contribution in [-0.4, -0.2) is 21.8 Å². The summed E-state index contributed by atoms with van der Waals surface area (Å²) in [4.78, 5) is 32.1. The lowest BCUT2D eigenvalue weighted by Gasteiger charge is -2.01. The van der Waals surface area contributed by atoms with E-state index in [0.717, 1.165) is 25.4 Å². The van der Waals surface area contributed by atoms with Crippen LogP contribution in [0.1, 0.15) is 11.9 Å². The molecule has 2 heterocycles. The highest BCUT2D eigenvalue weighted by Crippen LogP contribution is 2.28. The van der Waals surface area contributed by atoms with Gasteiger partial charge in [-0.2, -0.15) is 0 Å². The van der Waals surface area contributed by atoms with Gasteiger partial charge in [-0.05, 0) is 36.4 Å². The maximum atomic E-state index is 12.2. The molecule has 0 radical (unpaired) electrons. The van der Waals surface area contributed by atoms with Crippen LogP contribution in [0.5, 0.6) is 0 Å². The second kappa shape index (κ2) is 7.26. The lowest BCUT2D eigenvalue weighted by atomic mass is 10.3.